The zero-order chi connectivity index (χ0) is 19.6. The highest BCUT2D eigenvalue weighted by molar-refractivity contribution is 9.10. The molecule has 0 unspecified atom stereocenters. The molecule has 0 radical (unpaired) electrons. The average molecular weight is 437 g/mol. The van der Waals surface area contributed by atoms with Gasteiger partial charge in [-0.2, -0.15) is 0 Å². The van der Waals surface area contributed by atoms with Crippen LogP contribution in [0.4, 0.5) is 20.2 Å². The van der Waals surface area contributed by atoms with Gasteiger partial charge in [0.15, 0.2) is 0 Å². The molecule has 0 amide bonds. The molecule has 3 aromatic rings. The fraction of sp³-hybridized carbons (Fsp3) is 0.158. The third-order valence-corrected chi connectivity index (χ3v) is 4.45. The largest absolute Gasteiger partial charge is 0.495 e. The van der Waals surface area contributed by atoms with Crippen molar-refractivity contribution < 1.29 is 23.0 Å². The average Bonchev–Trinajstić information content (AvgIpc) is 2.63. The van der Waals surface area contributed by atoms with Crippen molar-refractivity contribution in [1.29, 1.82) is 0 Å². The Hall–Kier alpha value is -2.74. The Morgan fingerprint density at radius 3 is 2.70 bits per heavy atom. The Morgan fingerprint density at radius 1 is 1.26 bits per heavy atom. The second kappa shape index (κ2) is 7.87. The molecule has 27 heavy (non-hydrogen) atoms. The predicted molar refractivity (Wildman–Crippen MR) is 102 cm³/mol. The van der Waals surface area contributed by atoms with Gasteiger partial charge in [0.1, 0.15) is 22.9 Å². The van der Waals surface area contributed by atoms with Gasteiger partial charge in [0.25, 0.3) is 0 Å². The molecular weight excluding hydrogens is 422 g/mol. The van der Waals surface area contributed by atoms with Crippen molar-refractivity contribution in [3.63, 3.8) is 0 Å². The van der Waals surface area contributed by atoms with E-state index in [1.807, 2.05) is 0 Å². The monoisotopic (exact) mass is 436 g/mol. The molecule has 0 aliphatic carbocycles. The van der Waals surface area contributed by atoms with Gasteiger partial charge in [-0.05, 0) is 41.1 Å². The highest BCUT2D eigenvalue weighted by atomic mass is 79.9. The number of carbonyl (C=O) groups is 1. The highest BCUT2D eigenvalue weighted by Gasteiger charge is 2.19. The first kappa shape index (κ1) is 19.0. The molecule has 0 aliphatic rings. The van der Waals surface area contributed by atoms with E-state index in [4.69, 9.17) is 9.47 Å². The van der Waals surface area contributed by atoms with Crippen LogP contribution in [0.25, 0.3) is 10.9 Å². The summed E-state index contributed by atoms with van der Waals surface area (Å²) in [5, 5.41) is 3.41. The van der Waals surface area contributed by atoms with Gasteiger partial charge < -0.3 is 14.8 Å². The number of carbonyl (C=O) groups excluding carboxylic acids is 1. The number of ether oxygens (including phenoxy) is 2. The summed E-state index contributed by atoms with van der Waals surface area (Å²) in [6.45, 7) is 1.86. The SMILES string of the molecule is CCOC(=O)c1cnc2cc(OC)c(Br)cc2c1Nc1ccc(F)cc1F. The van der Waals surface area contributed by atoms with Crippen LogP contribution in [0.15, 0.2) is 41.0 Å². The number of nitrogens with zero attached hydrogens (tertiary/aromatic N) is 1. The lowest BCUT2D eigenvalue weighted by atomic mass is 10.1. The molecule has 2 aromatic carbocycles. The third kappa shape index (κ3) is 3.85. The zero-order valence-electron chi connectivity index (χ0n) is 14.5. The normalized spacial score (nSPS) is 10.7. The Balaban J connectivity index is 2.22. The number of anilines is 2. The Bertz CT molecular complexity index is 1030. The Kier molecular flexibility index (Phi) is 5.55. The highest BCUT2D eigenvalue weighted by Crippen LogP contribution is 2.36. The van der Waals surface area contributed by atoms with Gasteiger partial charge in [-0.25, -0.2) is 13.6 Å². The molecule has 0 aliphatic heterocycles. The van der Waals surface area contributed by atoms with Crippen molar-refractivity contribution in [2.24, 2.45) is 0 Å². The summed E-state index contributed by atoms with van der Waals surface area (Å²) >= 11 is 3.39. The minimum Gasteiger partial charge on any atom is -0.495 e. The summed E-state index contributed by atoms with van der Waals surface area (Å²) in [5.74, 6) is -1.54. The second-order valence-corrected chi connectivity index (χ2v) is 6.37. The molecule has 140 valence electrons. The lowest BCUT2D eigenvalue weighted by Crippen LogP contribution is -2.10. The van der Waals surface area contributed by atoms with Crippen molar-refractivity contribution in [3.05, 3.63) is 58.2 Å². The van der Waals surface area contributed by atoms with Gasteiger partial charge >= 0.3 is 5.97 Å². The molecule has 3 rings (SSSR count). The topological polar surface area (TPSA) is 60.5 Å². The minimum absolute atomic E-state index is 0.0152. The van der Waals surface area contributed by atoms with Gasteiger partial charge in [-0.15, -0.1) is 0 Å². The van der Waals surface area contributed by atoms with Gasteiger partial charge in [-0.1, -0.05) is 0 Å². The second-order valence-electron chi connectivity index (χ2n) is 5.52. The van der Waals surface area contributed by atoms with E-state index in [1.54, 1.807) is 19.1 Å². The molecule has 5 nitrogen and oxygen atoms in total. The van der Waals surface area contributed by atoms with Crippen LogP contribution in [0.2, 0.25) is 0 Å². The van der Waals surface area contributed by atoms with E-state index in [0.717, 1.165) is 12.1 Å². The van der Waals surface area contributed by atoms with E-state index in [1.165, 1.54) is 19.4 Å². The zero-order valence-corrected chi connectivity index (χ0v) is 16.1. The first-order chi connectivity index (χ1) is 12.9. The van der Waals surface area contributed by atoms with Crippen LogP contribution in [0, 0.1) is 11.6 Å². The Labute approximate surface area is 162 Å². The van der Waals surface area contributed by atoms with Gasteiger partial charge in [-0.3, -0.25) is 4.98 Å². The first-order valence-corrected chi connectivity index (χ1v) is 8.79. The van der Waals surface area contributed by atoms with E-state index < -0.39 is 17.6 Å². The van der Waals surface area contributed by atoms with Crippen LogP contribution < -0.4 is 10.1 Å². The maximum Gasteiger partial charge on any atom is 0.341 e. The summed E-state index contributed by atoms with van der Waals surface area (Å²) in [4.78, 5) is 16.6. The molecule has 0 saturated carbocycles. The summed E-state index contributed by atoms with van der Waals surface area (Å²) in [6, 6.07) is 6.52. The third-order valence-electron chi connectivity index (χ3n) is 3.83. The van der Waals surface area contributed by atoms with E-state index in [2.05, 4.69) is 26.2 Å². The molecule has 1 N–H and O–H groups in total. The summed E-state index contributed by atoms with van der Waals surface area (Å²) in [6.07, 6.45) is 1.34. The van der Waals surface area contributed by atoms with Crippen molar-refractivity contribution in [2.45, 2.75) is 6.92 Å². The number of benzene rings is 2. The van der Waals surface area contributed by atoms with Gasteiger partial charge in [0, 0.05) is 23.7 Å². The maximum absolute atomic E-state index is 14.2. The molecule has 1 aromatic heterocycles. The van der Waals surface area contributed by atoms with Crippen LogP contribution >= 0.6 is 15.9 Å². The van der Waals surface area contributed by atoms with Crippen LogP contribution in [0.3, 0.4) is 0 Å². The van der Waals surface area contributed by atoms with E-state index in [0.29, 0.717) is 26.8 Å². The molecule has 0 bridgehead atoms. The quantitative estimate of drug-likeness (QED) is 0.556. The number of nitrogens with one attached hydrogen (secondary N) is 1. The molecule has 1 heterocycles. The van der Waals surface area contributed by atoms with Gasteiger partial charge in [0.05, 0.1) is 35.1 Å². The molecular formula is C19H15BrF2N2O3. The first-order valence-electron chi connectivity index (χ1n) is 8.00. The number of hydrogen-bond acceptors (Lipinski definition) is 5. The summed E-state index contributed by atoms with van der Waals surface area (Å²) in [7, 11) is 1.52. The smallest absolute Gasteiger partial charge is 0.341 e. The minimum atomic E-state index is -0.789. The maximum atomic E-state index is 14.2. The molecule has 0 atom stereocenters. The van der Waals surface area contributed by atoms with Crippen molar-refractivity contribution in [1.82, 2.24) is 4.98 Å². The summed E-state index contributed by atoms with van der Waals surface area (Å²) in [5.41, 5.74) is 0.965. The molecule has 0 saturated heterocycles. The van der Waals surface area contributed by atoms with E-state index >= 15 is 0 Å². The lowest BCUT2D eigenvalue weighted by Gasteiger charge is -2.16. The lowest BCUT2D eigenvalue weighted by molar-refractivity contribution is 0.0527. The van der Waals surface area contributed by atoms with Crippen LogP contribution in [0.5, 0.6) is 5.75 Å². The number of methoxy groups -OCH3 is 1. The number of rotatable bonds is 5. The molecule has 0 fully saturated rings. The fourth-order valence-electron chi connectivity index (χ4n) is 2.57. The number of esters is 1. The number of hydrogen-bond donors (Lipinski definition) is 1. The van der Waals surface area contributed by atoms with Crippen molar-refractivity contribution in [3.8, 4) is 5.75 Å². The standard InChI is InChI=1S/C19H15BrF2N2O3/c1-3-27-19(25)12-9-23-16-8-17(26-2)13(20)7-11(16)18(12)24-15-5-4-10(21)6-14(15)22/h4-9H,3H2,1-2H3,(H,23,24). The predicted octanol–water partition coefficient (Wildman–Crippen LogP) is 5.20. The number of fused-ring (bicyclic) bond motifs is 1. The van der Waals surface area contributed by atoms with E-state index in [-0.39, 0.29) is 17.9 Å². The van der Waals surface area contributed by atoms with Crippen molar-refractivity contribution in [2.75, 3.05) is 19.0 Å². The van der Waals surface area contributed by atoms with Crippen LogP contribution in [-0.4, -0.2) is 24.7 Å². The number of halogens is 3. The molecule has 8 heteroatoms. The van der Waals surface area contributed by atoms with Gasteiger partial charge in [0.2, 0.25) is 0 Å². The van der Waals surface area contributed by atoms with Crippen LogP contribution in [-0.2, 0) is 4.74 Å². The number of aromatic nitrogens is 1. The van der Waals surface area contributed by atoms with E-state index in [9.17, 15) is 13.6 Å². The number of pyridine rings is 1. The fourth-order valence-corrected chi connectivity index (χ4v) is 3.08. The van der Waals surface area contributed by atoms with Crippen LogP contribution in [0.1, 0.15) is 17.3 Å². The van der Waals surface area contributed by atoms with Crippen molar-refractivity contribution >= 4 is 44.2 Å². The molecule has 0 spiro atoms. The Morgan fingerprint density at radius 2 is 2.04 bits per heavy atom. The summed E-state index contributed by atoms with van der Waals surface area (Å²) < 4.78 is 38.3.